The number of amides is 1. The Labute approximate surface area is 157 Å². The summed E-state index contributed by atoms with van der Waals surface area (Å²) in [5.41, 5.74) is 1.34. The second kappa shape index (κ2) is 10.1. The average molecular weight is 383 g/mol. The summed E-state index contributed by atoms with van der Waals surface area (Å²) in [7, 11) is 0. The van der Waals surface area contributed by atoms with Crippen molar-refractivity contribution < 1.29 is 14.3 Å². The second-order valence-electron chi connectivity index (χ2n) is 5.13. The van der Waals surface area contributed by atoms with Crippen LogP contribution in [-0.4, -0.2) is 32.3 Å². The Bertz CT molecular complexity index is 690. The fourth-order valence-electron chi connectivity index (χ4n) is 2.07. The Morgan fingerprint density at radius 3 is 2.52 bits per heavy atom. The van der Waals surface area contributed by atoms with Gasteiger partial charge in [-0.3, -0.25) is 4.79 Å². The highest BCUT2D eigenvalue weighted by Gasteiger charge is 2.05. The standard InChI is InChI=1S/C18H20Cl2N2O3/c1-2-24-6-7-25-17-5-3-4-15(11-17)22-18(23)12-21-16-9-13(19)8-14(20)10-16/h3-5,8-11,21H,2,6-7,12H2,1H3,(H,22,23). The molecule has 0 radical (unpaired) electrons. The van der Waals surface area contributed by atoms with Gasteiger partial charge in [-0.05, 0) is 37.3 Å². The normalized spacial score (nSPS) is 10.4. The van der Waals surface area contributed by atoms with Crippen molar-refractivity contribution >= 4 is 40.5 Å². The number of carbonyl (C=O) groups excluding carboxylic acids is 1. The van der Waals surface area contributed by atoms with Gasteiger partial charge in [-0.15, -0.1) is 0 Å². The zero-order valence-electron chi connectivity index (χ0n) is 13.9. The van der Waals surface area contributed by atoms with Crippen LogP contribution in [0.4, 0.5) is 11.4 Å². The first kappa shape index (κ1) is 19.4. The Kier molecular flexibility index (Phi) is 7.85. The zero-order chi connectivity index (χ0) is 18.1. The molecule has 2 N–H and O–H groups in total. The SMILES string of the molecule is CCOCCOc1cccc(NC(=O)CNc2cc(Cl)cc(Cl)c2)c1. The lowest BCUT2D eigenvalue weighted by atomic mass is 10.3. The third kappa shape index (κ3) is 7.22. The minimum Gasteiger partial charge on any atom is -0.491 e. The first-order valence-corrected chi connectivity index (χ1v) is 8.63. The summed E-state index contributed by atoms with van der Waals surface area (Å²) in [4.78, 5) is 12.1. The van der Waals surface area contributed by atoms with Crippen molar-refractivity contribution in [3.05, 3.63) is 52.5 Å². The summed E-state index contributed by atoms with van der Waals surface area (Å²) in [5.74, 6) is 0.481. The number of halogens is 2. The molecule has 0 aromatic heterocycles. The first-order chi connectivity index (χ1) is 12.1. The number of hydrogen-bond donors (Lipinski definition) is 2. The number of carbonyl (C=O) groups is 1. The molecule has 2 aromatic rings. The fourth-order valence-corrected chi connectivity index (χ4v) is 2.60. The third-order valence-electron chi connectivity index (χ3n) is 3.13. The van der Waals surface area contributed by atoms with Crippen LogP contribution in [0.25, 0.3) is 0 Å². The van der Waals surface area contributed by atoms with E-state index < -0.39 is 0 Å². The molecule has 2 rings (SSSR count). The lowest BCUT2D eigenvalue weighted by Crippen LogP contribution is -2.21. The van der Waals surface area contributed by atoms with Crippen LogP contribution in [0, 0.1) is 0 Å². The van der Waals surface area contributed by atoms with Crippen molar-refractivity contribution in [2.24, 2.45) is 0 Å². The molecule has 0 atom stereocenters. The van der Waals surface area contributed by atoms with Gasteiger partial charge in [-0.25, -0.2) is 0 Å². The van der Waals surface area contributed by atoms with E-state index in [1.54, 1.807) is 30.3 Å². The van der Waals surface area contributed by atoms with E-state index in [4.69, 9.17) is 32.7 Å². The number of benzene rings is 2. The van der Waals surface area contributed by atoms with Gasteiger partial charge in [0.15, 0.2) is 0 Å². The molecule has 2 aromatic carbocycles. The fraction of sp³-hybridized carbons (Fsp3) is 0.278. The van der Waals surface area contributed by atoms with Gasteiger partial charge in [-0.1, -0.05) is 29.3 Å². The highest BCUT2D eigenvalue weighted by atomic mass is 35.5. The van der Waals surface area contributed by atoms with Crippen molar-refractivity contribution in [1.82, 2.24) is 0 Å². The first-order valence-electron chi connectivity index (χ1n) is 7.87. The molecule has 25 heavy (non-hydrogen) atoms. The van der Waals surface area contributed by atoms with Crippen LogP contribution in [0.15, 0.2) is 42.5 Å². The monoisotopic (exact) mass is 382 g/mol. The van der Waals surface area contributed by atoms with Gasteiger partial charge in [0.2, 0.25) is 5.91 Å². The molecule has 0 aliphatic heterocycles. The molecule has 0 fully saturated rings. The highest BCUT2D eigenvalue weighted by Crippen LogP contribution is 2.22. The topological polar surface area (TPSA) is 59.6 Å². The molecule has 0 aliphatic carbocycles. The summed E-state index contributed by atoms with van der Waals surface area (Å²) in [6.45, 7) is 3.67. The van der Waals surface area contributed by atoms with Crippen molar-refractivity contribution in [2.45, 2.75) is 6.92 Å². The molecule has 0 unspecified atom stereocenters. The molecule has 0 saturated carbocycles. The molecule has 0 spiro atoms. The van der Waals surface area contributed by atoms with Crippen LogP contribution in [-0.2, 0) is 9.53 Å². The summed E-state index contributed by atoms with van der Waals surface area (Å²) in [6.07, 6.45) is 0. The lowest BCUT2D eigenvalue weighted by molar-refractivity contribution is -0.114. The summed E-state index contributed by atoms with van der Waals surface area (Å²) in [5, 5.41) is 6.80. The largest absolute Gasteiger partial charge is 0.491 e. The molecule has 1 amide bonds. The third-order valence-corrected chi connectivity index (χ3v) is 3.57. The van der Waals surface area contributed by atoms with Gasteiger partial charge >= 0.3 is 0 Å². The van der Waals surface area contributed by atoms with Crippen LogP contribution in [0.2, 0.25) is 10.0 Å². The van der Waals surface area contributed by atoms with Crippen molar-refractivity contribution in [3.8, 4) is 5.75 Å². The summed E-state index contributed by atoms with van der Waals surface area (Å²) in [6, 6.07) is 12.2. The van der Waals surface area contributed by atoms with E-state index in [1.807, 2.05) is 19.1 Å². The lowest BCUT2D eigenvalue weighted by Gasteiger charge is -2.10. The summed E-state index contributed by atoms with van der Waals surface area (Å²) >= 11 is 11.9. The molecule has 0 saturated heterocycles. The van der Waals surface area contributed by atoms with Crippen LogP contribution in [0.3, 0.4) is 0 Å². The number of rotatable bonds is 9. The van der Waals surface area contributed by atoms with Gasteiger partial charge in [0.05, 0.1) is 13.2 Å². The average Bonchev–Trinajstić information content (AvgIpc) is 2.56. The predicted octanol–water partition coefficient (Wildman–Crippen LogP) is 4.46. The van der Waals surface area contributed by atoms with Gasteiger partial charge in [0.25, 0.3) is 0 Å². The van der Waals surface area contributed by atoms with Gasteiger partial charge in [0, 0.05) is 34.1 Å². The van der Waals surface area contributed by atoms with E-state index in [0.717, 1.165) is 0 Å². The molecule has 0 bridgehead atoms. The Hall–Kier alpha value is -1.95. The number of nitrogens with one attached hydrogen (secondary N) is 2. The summed E-state index contributed by atoms with van der Waals surface area (Å²) < 4.78 is 10.8. The van der Waals surface area contributed by atoms with E-state index in [9.17, 15) is 4.79 Å². The quantitative estimate of drug-likeness (QED) is 0.628. The molecule has 134 valence electrons. The maximum atomic E-state index is 12.1. The van der Waals surface area contributed by atoms with Crippen LogP contribution < -0.4 is 15.4 Å². The van der Waals surface area contributed by atoms with Crippen molar-refractivity contribution in [1.29, 1.82) is 0 Å². The van der Waals surface area contributed by atoms with Gasteiger partial charge in [0.1, 0.15) is 12.4 Å². The predicted molar refractivity (Wildman–Crippen MR) is 102 cm³/mol. The van der Waals surface area contributed by atoms with Crippen molar-refractivity contribution in [2.75, 3.05) is 37.0 Å². The second-order valence-corrected chi connectivity index (χ2v) is 6.01. The number of anilines is 2. The van der Waals surface area contributed by atoms with Crippen LogP contribution >= 0.6 is 23.2 Å². The van der Waals surface area contributed by atoms with E-state index in [2.05, 4.69) is 10.6 Å². The Morgan fingerprint density at radius 1 is 1.04 bits per heavy atom. The Morgan fingerprint density at radius 2 is 1.80 bits per heavy atom. The molecule has 5 nitrogen and oxygen atoms in total. The highest BCUT2D eigenvalue weighted by molar-refractivity contribution is 6.35. The van der Waals surface area contributed by atoms with E-state index in [1.165, 1.54) is 0 Å². The number of ether oxygens (including phenoxy) is 2. The van der Waals surface area contributed by atoms with Crippen molar-refractivity contribution in [3.63, 3.8) is 0 Å². The molecule has 0 aliphatic rings. The van der Waals surface area contributed by atoms with Gasteiger partial charge < -0.3 is 20.1 Å². The molecule has 0 heterocycles. The van der Waals surface area contributed by atoms with Gasteiger partial charge in [-0.2, -0.15) is 0 Å². The zero-order valence-corrected chi connectivity index (χ0v) is 15.4. The minimum absolute atomic E-state index is 0.0894. The van der Waals surface area contributed by atoms with Crippen LogP contribution in [0.5, 0.6) is 5.75 Å². The molecule has 7 heteroatoms. The maximum Gasteiger partial charge on any atom is 0.243 e. The minimum atomic E-state index is -0.192. The number of hydrogen-bond acceptors (Lipinski definition) is 4. The van der Waals surface area contributed by atoms with E-state index >= 15 is 0 Å². The molecular weight excluding hydrogens is 363 g/mol. The van der Waals surface area contributed by atoms with E-state index in [0.29, 0.717) is 47.0 Å². The van der Waals surface area contributed by atoms with Crippen LogP contribution in [0.1, 0.15) is 6.92 Å². The maximum absolute atomic E-state index is 12.1. The van der Waals surface area contributed by atoms with E-state index in [-0.39, 0.29) is 12.5 Å². The Balaban J connectivity index is 1.83. The smallest absolute Gasteiger partial charge is 0.243 e. The molecular formula is C18H20Cl2N2O3.